The number of anilines is 2. The number of thiophene rings is 1. The molecule has 0 aliphatic rings. The van der Waals surface area contributed by atoms with Gasteiger partial charge in [0, 0.05) is 57.7 Å². The van der Waals surface area contributed by atoms with E-state index in [0.29, 0.717) is 17.5 Å². The Balaban J connectivity index is 1.57. The van der Waals surface area contributed by atoms with E-state index in [1.807, 2.05) is 74.3 Å². The van der Waals surface area contributed by atoms with Crippen LogP contribution in [0.3, 0.4) is 0 Å². The Morgan fingerprint density at radius 3 is 2.37 bits per heavy atom. The van der Waals surface area contributed by atoms with Crippen LogP contribution in [0.1, 0.15) is 19.4 Å². The number of rotatable bonds is 11. The second-order valence-corrected chi connectivity index (χ2v) is 9.82. The van der Waals surface area contributed by atoms with Gasteiger partial charge in [-0.1, -0.05) is 18.2 Å². The van der Waals surface area contributed by atoms with Crippen LogP contribution in [0.2, 0.25) is 0 Å². The maximum atomic E-state index is 6.05. The highest BCUT2D eigenvalue weighted by atomic mass is 32.1. The zero-order chi connectivity index (χ0) is 25.4. The summed E-state index contributed by atoms with van der Waals surface area (Å²) in [6.07, 6.45) is -0.0725. The first-order valence-electron chi connectivity index (χ1n) is 11.3. The molecule has 3 aromatic rings. The fourth-order valence-corrected chi connectivity index (χ4v) is 4.26. The minimum absolute atomic E-state index is 0.0725. The molecule has 0 radical (unpaired) electrons. The number of nitrogens with zero attached hydrogens (tertiary/aromatic N) is 2. The van der Waals surface area contributed by atoms with E-state index < -0.39 is 0 Å². The minimum Gasteiger partial charge on any atom is -0.491 e. The number of methoxy groups -OCH3 is 2. The van der Waals surface area contributed by atoms with E-state index in [9.17, 15) is 0 Å². The number of thiocarbonyl (C=S) groups is 1. The first-order valence-corrected chi connectivity index (χ1v) is 12.7. The Hall–Kier alpha value is -2.65. The Morgan fingerprint density at radius 2 is 1.74 bits per heavy atom. The molecule has 2 aromatic carbocycles. The van der Waals surface area contributed by atoms with Gasteiger partial charge in [0.1, 0.15) is 24.2 Å². The van der Waals surface area contributed by atoms with Crippen LogP contribution in [0.25, 0.3) is 0 Å². The lowest BCUT2D eigenvalue weighted by molar-refractivity contribution is 0.0192. The van der Waals surface area contributed by atoms with E-state index in [1.54, 1.807) is 25.6 Å². The molecular formula is C27H34N2O4S2. The molecule has 1 aromatic heterocycles. The largest absolute Gasteiger partial charge is 0.491 e. The molecule has 0 amide bonds. The summed E-state index contributed by atoms with van der Waals surface area (Å²) >= 11 is 7.22. The highest BCUT2D eigenvalue weighted by Gasteiger charge is 2.19. The van der Waals surface area contributed by atoms with Crippen LogP contribution in [-0.4, -0.2) is 52.7 Å². The normalized spacial score (nSPS) is 12.2. The highest BCUT2D eigenvalue weighted by molar-refractivity contribution is 7.80. The van der Waals surface area contributed by atoms with Crippen LogP contribution >= 0.6 is 23.6 Å². The molecule has 188 valence electrons. The molecule has 3 rings (SSSR count). The third-order valence-electron chi connectivity index (χ3n) is 5.94. The summed E-state index contributed by atoms with van der Waals surface area (Å²) in [6, 6.07) is 17.6. The predicted molar refractivity (Wildman–Crippen MR) is 148 cm³/mol. The predicted octanol–water partition coefficient (Wildman–Crippen LogP) is 5.96. The van der Waals surface area contributed by atoms with Crippen LogP contribution < -0.4 is 19.3 Å². The van der Waals surface area contributed by atoms with Crippen molar-refractivity contribution in [2.75, 3.05) is 51.3 Å². The molecule has 0 N–H and O–H groups in total. The van der Waals surface area contributed by atoms with Gasteiger partial charge < -0.3 is 28.7 Å². The van der Waals surface area contributed by atoms with E-state index in [-0.39, 0.29) is 11.7 Å². The van der Waals surface area contributed by atoms with Crippen molar-refractivity contribution in [2.24, 2.45) is 0 Å². The smallest absolute Gasteiger partial charge is 0.269 e. The SMILES string of the molecule is COC(COc1cccc(N(C)C(=S)Oc2ccc(C(C)(C)OC)cc2)c1)CN(C)c1ccsc1. The zero-order valence-corrected chi connectivity index (χ0v) is 22.8. The second kappa shape index (κ2) is 12.4. The van der Waals surface area contributed by atoms with E-state index in [4.69, 9.17) is 31.2 Å². The molecule has 1 unspecified atom stereocenters. The molecule has 0 saturated carbocycles. The number of hydrogen-bond donors (Lipinski definition) is 0. The monoisotopic (exact) mass is 514 g/mol. The fourth-order valence-electron chi connectivity index (χ4n) is 3.37. The molecule has 1 atom stereocenters. The van der Waals surface area contributed by atoms with Crippen LogP contribution in [0, 0.1) is 0 Å². The maximum absolute atomic E-state index is 6.05. The number of ether oxygens (including phenoxy) is 4. The lowest BCUT2D eigenvalue weighted by Crippen LogP contribution is -2.34. The molecule has 0 bridgehead atoms. The van der Waals surface area contributed by atoms with Gasteiger partial charge in [0.15, 0.2) is 0 Å². The minimum atomic E-state index is -0.364. The van der Waals surface area contributed by atoms with Crippen LogP contribution in [-0.2, 0) is 15.1 Å². The van der Waals surface area contributed by atoms with Crippen molar-refractivity contribution in [1.29, 1.82) is 0 Å². The van der Waals surface area contributed by atoms with Gasteiger partial charge in [-0.2, -0.15) is 11.3 Å². The Labute approximate surface area is 218 Å². The summed E-state index contributed by atoms with van der Waals surface area (Å²) < 4.78 is 23.1. The maximum Gasteiger partial charge on any atom is 0.269 e. The van der Waals surface area contributed by atoms with Crippen LogP contribution in [0.15, 0.2) is 65.4 Å². The average Bonchev–Trinajstić information content (AvgIpc) is 3.42. The molecule has 6 nitrogen and oxygen atoms in total. The van der Waals surface area contributed by atoms with Crippen molar-refractivity contribution >= 4 is 40.1 Å². The molecular weight excluding hydrogens is 480 g/mol. The van der Waals surface area contributed by atoms with Gasteiger partial charge in [0.05, 0.1) is 5.60 Å². The second-order valence-electron chi connectivity index (χ2n) is 8.69. The van der Waals surface area contributed by atoms with Gasteiger partial charge >= 0.3 is 0 Å². The standard InChI is InChI=1S/C27H34N2O4S2/c1-27(2,31-6)20-10-12-23(13-11-20)33-26(34)29(4)21-8-7-9-24(16-21)32-18-25(30-5)17-28(3)22-14-15-35-19-22/h7-16,19,25H,17-18H2,1-6H3. The summed E-state index contributed by atoms with van der Waals surface area (Å²) in [5.74, 6) is 1.41. The van der Waals surface area contributed by atoms with E-state index >= 15 is 0 Å². The summed E-state index contributed by atoms with van der Waals surface area (Å²) in [4.78, 5) is 3.98. The third kappa shape index (κ3) is 7.41. The van der Waals surface area contributed by atoms with Gasteiger partial charge in [0.25, 0.3) is 5.17 Å². The summed E-state index contributed by atoms with van der Waals surface area (Å²) in [6.45, 7) is 5.20. The van der Waals surface area contributed by atoms with Crippen molar-refractivity contribution in [3.05, 3.63) is 70.9 Å². The number of likely N-dealkylation sites (N-methyl/N-ethyl adjacent to an activating group) is 1. The summed E-state index contributed by atoms with van der Waals surface area (Å²) in [7, 11) is 7.33. The van der Waals surface area contributed by atoms with Crippen molar-refractivity contribution in [3.63, 3.8) is 0 Å². The number of hydrogen-bond acceptors (Lipinski definition) is 7. The van der Waals surface area contributed by atoms with Gasteiger partial charge in [-0.25, -0.2) is 0 Å². The number of benzene rings is 2. The molecule has 0 spiro atoms. The molecule has 35 heavy (non-hydrogen) atoms. The van der Waals surface area contributed by atoms with Gasteiger partial charge in [-0.15, -0.1) is 0 Å². The fraction of sp³-hybridized carbons (Fsp3) is 0.370. The molecule has 0 aliphatic heterocycles. The summed E-state index contributed by atoms with van der Waals surface area (Å²) in [5.41, 5.74) is 2.74. The first kappa shape index (κ1) is 26.9. The van der Waals surface area contributed by atoms with E-state index in [0.717, 1.165) is 23.5 Å². The van der Waals surface area contributed by atoms with Crippen molar-refractivity contribution in [1.82, 2.24) is 0 Å². The Kier molecular flexibility index (Phi) is 9.51. The topological polar surface area (TPSA) is 43.4 Å². The average molecular weight is 515 g/mol. The first-order chi connectivity index (χ1) is 16.7. The van der Waals surface area contributed by atoms with Crippen molar-refractivity contribution < 1.29 is 18.9 Å². The van der Waals surface area contributed by atoms with Gasteiger partial charge in [-0.05, 0) is 67.3 Å². The molecule has 0 aliphatic carbocycles. The quantitative estimate of drug-likeness (QED) is 0.293. The lowest BCUT2D eigenvalue weighted by Gasteiger charge is -2.25. The zero-order valence-electron chi connectivity index (χ0n) is 21.2. The Bertz CT molecular complexity index is 1070. The molecule has 0 saturated heterocycles. The highest BCUT2D eigenvalue weighted by Crippen LogP contribution is 2.27. The Morgan fingerprint density at radius 1 is 1.00 bits per heavy atom. The van der Waals surface area contributed by atoms with Crippen LogP contribution in [0.5, 0.6) is 11.5 Å². The van der Waals surface area contributed by atoms with Crippen molar-refractivity contribution in [2.45, 2.75) is 25.6 Å². The van der Waals surface area contributed by atoms with Gasteiger partial charge in [0.2, 0.25) is 0 Å². The van der Waals surface area contributed by atoms with E-state index in [1.165, 1.54) is 5.69 Å². The van der Waals surface area contributed by atoms with Crippen LogP contribution in [0.4, 0.5) is 11.4 Å². The van der Waals surface area contributed by atoms with E-state index in [2.05, 4.69) is 28.8 Å². The lowest BCUT2D eigenvalue weighted by atomic mass is 9.98. The van der Waals surface area contributed by atoms with Crippen molar-refractivity contribution in [3.8, 4) is 11.5 Å². The molecule has 8 heteroatoms. The molecule has 0 fully saturated rings. The third-order valence-corrected chi connectivity index (χ3v) is 6.97. The summed E-state index contributed by atoms with van der Waals surface area (Å²) in [5, 5.41) is 4.53. The molecule has 1 heterocycles. The van der Waals surface area contributed by atoms with Gasteiger partial charge in [-0.3, -0.25) is 0 Å².